The zero-order valence-corrected chi connectivity index (χ0v) is 12.3. The van der Waals surface area contributed by atoms with Gasteiger partial charge in [0.05, 0.1) is 12.1 Å². The van der Waals surface area contributed by atoms with E-state index in [0.717, 1.165) is 12.8 Å². The summed E-state index contributed by atoms with van der Waals surface area (Å²) in [4.78, 5) is 26.7. The number of rotatable bonds is 5. The van der Waals surface area contributed by atoms with E-state index in [1.807, 2.05) is 13.0 Å². The van der Waals surface area contributed by atoms with Gasteiger partial charge in [-0.15, -0.1) is 0 Å². The third-order valence-corrected chi connectivity index (χ3v) is 3.89. The molecule has 0 saturated carbocycles. The zero-order valence-electron chi connectivity index (χ0n) is 13.3. The number of carbonyl (C=O) groups excluding carboxylic acids is 2. The summed E-state index contributed by atoms with van der Waals surface area (Å²) in [7, 11) is 1.62. The summed E-state index contributed by atoms with van der Waals surface area (Å²) >= 11 is 0. The number of methoxy groups -OCH3 is 1. The standard InChI is InChI=1S/C14H20N4O3/c1-3-9-7-11-15-12-10(13(19)18(11)16-9)8-17(14(12)20)5-4-6-21-2/h7,9,15-16H,3-6,8H2,1-2H3/i/hD. The highest BCUT2D eigenvalue weighted by Crippen LogP contribution is 2.28. The first-order chi connectivity index (χ1) is 10.6. The van der Waals surface area contributed by atoms with Gasteiger partial charge in [0.15, 0.2) is 0 Å². The van der Waals surface area contributed by atoms with Crippen LogP contribution >= 0.6 is 0 Å². The van der Waals surface area contributed by atoms with Gasteiger partial charge in [-0.3, -0.25) is 9.59 Å². The molecule has 0 aliphatic carbocycles. The highest BCUT2D eigenvalue weighted by atomic mass is 16.5. The predicted octanol–water partition coefficient (Wildman–Crippen LogP) is -0.311. The summed E-state index contributed by atoms with van der Waals surface area (Å²) in [6, 6.07) is -0.153. The Morgan fingerprint density at radius 1 is 1.48 bits per heavy atom. The SMILES string of the molecule is [2H]N1C(CC)C=C2NC3=C(CN(CCCOC)C3=O)C(=O)N21. The second-order valence-electron chi connectivity index (χ2n) is 5.31. The minimum atomic E-state index is -0.284. The molecule has 0 aromatic heterocycles. The van der Waals surface area contributed by atoms with E-state index in [1.165, 1.54) is 10.4 Å². The van der Waals surface area contributed by atoms with Crippen molar-refractivity contribution in [2.75, 3.05) is 26.8 Å². The lowest BCUT2D eigenvalue weighted by molar-refractivity contribution is -0.129. The number of nitrogens with zero attached hydrogens (tertiary/aromatic N) is 2. The minimum Gasteiger partial charge on any atom is -0.385 e. The first kappa shape index (κ1) is 12.8. The highest BCUT2D eigenvalue weighted by Gasteiger charge is 2.43. The first-order valence-corrected chi connectivity index (χ1v) is 7.21. The highest BCUT2D eigenvalue weighted by molar-refractivity contribution is 6.10. The molecule has 1 unspecified atom stereocenters. The number of hydrogen-bond acceptors (Lipinski definition) is 5. The van der Waals surface area contributed by atoms with Crippen molar-refractivity contribution in [1.29, 1.82) is 0 Å². The molecule has 114 valence electrons. The molecular formula is C14H20N4O3. The fourth-order valence-corrected chi connectivity index (χ4v) is 2.72. The maximum atomic E-state index is 12.6. The number of amides is 2. The van der Waals surface area contributed by atoms with Gasteiger partial charge < -0.3 is 15.0 Å². The number of hydrazine groups is 1. The summed E-state index contributed by atoms with van der Waals surface area (Å²) in [5.41, 5.74) is 1.97. The molecule has 7 heteroatoms. The van der Waals surface area contributed by atoms with Crippen LogP contribution in [0.3, 0.4) is 0 Å². The van der Waals surface area contributed by atoms with Crippen molar-refractivity contribution in [2.45, 2.75) is 25.8 Å². The molecule has 3 aliphatic heterocycles. The van der Waals surface area contributed by atoms with E-state index in [4.69, 9.17) is 6.15 Å². The molecule has 0 radical (unpaired) electrons. The van der Waals surface area contributed by atoms with Gasteiger partial charge in [-0.1, -0.05) is 6.92 Å². The molecule has 0 saturated heterocycles. The molecule has 7 nitrogen and oxygen atoms in total. The molecule has 3 aliphatic rings. The van der Waals surface area contributed by atoms with Gasteiger partial charge in [0.2, 0.25) is 0 Å². The summed E-state index contributed by atoms with van der Waals surface area (Å²) in [6.45, 7) is 3.37. The normalized spacial score (nSPS) is 25.9. The molecule has 2 amide bonds. The van der Waals surface area contributed by atoms with E-state index in [0.29, 0.717) is 30.2 Å². The molecule has 0 fully saturated rings. The number of carbonyl (C=O) groups is 2. The van der Waals surface area contributed by atoms with E-state index in [2.05, 4.69) is 5.32 Å². The maximum absolute atomic E-state index is 12.6. The maximum Gasteiger partial charge on any atom is 0.274 e. The quantitative estimate of drug-likeness (QED) is 0.680. The molecule has 21 heavy (non-hydrogen) atoms. The van der Waals surface area contributed by atoms with E-state index in [-0.39, 0.29) is 24.4 Å². The topological polar surface area (TPSA) is 73.9 Å². The van der Waals surface area contributed by atoms with Crippen molar-refractivity contribution in [3.8, 4) is 0 Å². The summed E-state index contributed by atoms with van der Waals surface area (Å²) in [5, 5.41) is 4.34. The van der Waals surface area contributed by atoms with Crippen LogP contribution in [-0.2, 0) is 14.3 Å². The Morgan fingerprint density at radius 3 is 3.00 bits per heavy atom. The molecule has 0 spiro atoms. The van der Waals surface area contributed by atoms with Crippen molar-refractivity contribution in [1.82, 2.24) is 20.6 Å². The van der Waals surface area contributed by atoms with Gasteiger partial charge in [0.1, 0.15) is 12.9 Å². The number of fused-ring (bicyclic) bond motifs is 1. The van der Waals surface area contributed by atoms with Crippen LogP contribution in [0.5, 0.6) is 0 Å². The monoisotopic (exact) mass is 293 g/mol. The Hall–Kier alpha value is -1.86. The van der Waals surface area contributed by atoms with Crippen molar-refractivity contribution >= 4 is 11.8 Å². The van der Waals surface area contributed by atoms with Crippen molar-refractivity contribution < 1.29 is 15.7 Å². The van der Waals surface area contributed by atoms with Gasteiger partial charge in [0.25, 0.3) is 11.8 Å². The summed E-state index contributed by atoms with van der Waals surface area (Å²) in [5.74, 6) is 0.0720. The van der Waals surface area contributed by atoms with Crippen LogP contribution < -0.4 is 10.7 Å². The molecule has 0 aromatic carbocycles. The summed E-state index contributed by atoms with van der Waals surface area (Å²) < 4.78 is 13.0. The van der Waals surface area contributed by atoms with Crippen molar-refractivity contribution in [2.24, 2.45) is 0 Å². The molecule has 1 atom stereocenters. The van der Waals surface area contributed by atoms with Crippen LogP contribution in [0.25, 0.3) is 0 Å². The van der Waals surface area contributed by atoms with Crippen molar-refractivity contribution in [3.63, 3.8) is 0 Å². The fourth-order valence-electron chi connectivity index (χ4n) is 2.72. The van der Waals surface area contributed by atoms with E-state index >= 15 is 0 Å². The molecule has 3 heterocycles. The Kier molecular flexibility index (Phi) is 3.36. The smallest absolute Gasteiger partial charge is 0.274 e. The van der Waals surface area contributed by atoms with Crippen LogP contribution in [0.15, 0.2) is 23.2 Å². The third kappa shape index (κ3) is 2.32. The number of nitrogens with one attached hydrogen (secondary N) is 2. The molecule has 0 aromatic rings. The third-order valence-electron chi connectivity index (χ3n) is 3.89. The number of hydrogen-bond donors (Lipinski definition) is 2. The van der Waals surface area contributed by atoms with Gasteiger partial charge >= 0.3 is 0 Å². The van der Waals surface area contributed by atoms with Gasteiger partial charge in [0, 0.05) is 26.3 Å². The van der Waals surface area contributed by atoms with Crippen LogP contribution in [0, 0.1) is 0 Å². The van der Waals surface area contributed by atoms with Gasteiger partial charge in [-0.2, -0.15) is 0 Å². The average molecular weight is 293 g/mol. The van der Waals surface area contributed by atoms with Crippen LogP contribution in [0.1, 0.15) is 19.8 Å². The molecular weight excluding hydrogens is 272 g/mol. The zero-order chi connectivity index (χ0) is 15.9. The lowest BCUT2D eigenvalue weighted by Crippen LogP contribution is -2.48. The van der Waals surface area contributed by atoms with Crippen LogP contribution in [0.2, 0.25) is 1.41 Å². The lowest BCUT2D eigenvalue weighted by atomic mass is 10.2. The fraction of sp³-hybridized carbons (Fsp3) is 0.571. The van der Waals surface area contributed by atoms with E-state index in [9.17, 15) is 9.59 Å². The average Bonchev–Trinajstić information content (AvgIpc) is 2.99. The van der Waals surface area contributed by atoms with Crippen LogP contribution in [0.4, 0.5) is 0 Å². The van der Waals surface area contributed by atoms with E-state index < -0.39 is 0 Å². The van der Waals surface area contributed by atoms with E-state index in [1.54, 1.807) is 12.0 Å². The second-order valence-corrected chi connectivity index (χ2v) is 5.31. The minimum absolute atomic E-state index is 0.153. The number of ether oxygens (including phenoxy) is 1. The largest absolute Gasteiger partial charge is 0.385 e. The molecule has 2 N–H and O–H groups in total. The Bertz CT molecular complexity index is 574. The predicted molar refractivity (Wildman–Crippen MR) is 75.4 cm³/mol. The lowest BCUT2D eigenvalue weighted by Gasteiger charge is -2.26. The van der Waals surface area contributed by atoms with Gasteiger partial charge in [-0.05, 0) is 18.9 Å². The molecule has 3 rings (SSSR count). The first-order valence-electron chi connectivity index (χ1n) is 7.65. The van der Waals surface area contributed by atoms with Gasteiger partial charge in [-0.25, -0.2) is 10.4 Å². The van der Waals surface area contributed by atoms with Crippen molar-refractivity contribution in [3.05, 3.63) is 23.2 Å². The summed E-state index contributed by atoms with van der Waals surface area (Å²) in [6.07, 6.45) is 3.27. The Balaban J connectivity index is 1.78. The molecule has 0 bridgehead atoms. The Labute approximate surface area is 125 Å². The Morgan fingerprint density at radius 2 is 2.29 bits per heavy atom. The van der Waals surface area contributed by atoms with Crippen LogP contribution in [-0.4, -0.2) is 54.6 Å². The second kappa shape index (κ2) is 5.50.